The molecule has 0 atom stereocenters. The number of carbonyl (C=O) groups excluding carboxylic acids is 4. The van der Waals surface area contributed by atoms with Crippen molar-refractivity contribution in [1.82, 2.24) is 10.6 Å². The molecular formula is C17H12N2O6S3. The van der Waals surface area contributed by atoms with Crippen molar-refractivity contribution >= 4 is 69.2 Å². The first kappa shape index (κ1) is 20.1. The molecule has 2 heterocycles. The van der Waals surface area contributed by atoms with Crippen LogP contribution in [0.5, 0.6) is 11.5 Å². The summed E-state index contributed by atoms with van der Waals surface area (Å²) in [7, 11) is 0. The van der Waals surface area contributed by atoms with Gasteiger partial charge >= 0.3 is 5.97 Å². The molecule has 2 N–H and O–H groups in total. The molecule has 8 nitrogen and oxygen atoms in total. The van der Waals surface area contributed by atoms with E-state index in [9.17, 15) is 19.2 Å². The quantitative estimate of drug-likeness (QED) is 0.311. The molecule has 0 radical (unpaired) electrons. The van der Waals surface area contributed by atoms with Gasteiger partial charge in [0.1, 0.15) is 4.99 Å². The van der Waals surface area contributed by atoms with Crippen molar-refractivity contribution in [2.24, 2.45) is 0 Å². The molecule has 2 aliphatic heterocycles. The van der Waals surface area contributed by atoms with E-state index in [-0.39, 0.29) is 15.9 Å². The summed E-state index contributed by atoms with van der Waals surface area (Å²) in [5.74, 6) is -1.01. The van der Waals surface area contributed by atoms with Gasteiger partial charge in [-0.2, -0.15) is 0 Å². The molecule has 2 aliphatic rings. The number of amides is 3. The van der Waals surface area contributed by atoms with Crippen LogP contribution in [0.1, 0.15) is 12.5 Å². The smallest absolute Gasteiger partial charge is 0.337 e. The van der Waals surface area contributed by atoms with Gasteiger partial charge in [-0.05, 0) is 54.2 Å². The second-order valence-corrected chi connectivity index (χ2v) is 7.70. The van der Waals surface area contributed by atoms with Crippen molar-refractivity contribution in [3.8, 4) is 11.5 Å². The molecule has 28 heavy (non-hydrogen) atoms. The summed E-state index contributed by atoms with van der Waals surface area (Å²) in [6.45, 7) is 2.10. The molecule has 11 heteroatoms. The highest BCUT2D eigenvalue weighted by Gasteiger charge is 2.26. The third-order valence-corrected chi connectivity index (χ3v) is 5.40. The Morgan fingerprint density at radius 3 is 2.43 bits per heavy atom. The van der Waals surface area contributed by atoms with Crippen molar-refractivity contribution in [2.45, 2.75) is 6.92 Å². The van der Waals surface area contributed by atoms with Crippen LogP contribution in [0.4, 0.5) is 9.59 Å². The first-order valence-electron chi connectivity index (χ1n) is 7.84. The van der Waals surface area contributed by atoms with Gasteiger partial charge in [0, 0.05) is 6.08 Å². The Labute approximate surface area is 173 Å². The summed E-state index contributed by atoms with van der Waals surface area (Å²) in [6.07, 6.45) is 2.66. The van der Waals surface area contributed by atoms with Gasteiger partial charge in [0.15, 0.2) is 11.5 Å². The Morgan fingerprint density at radius 2 is 1.82 bits per heavy atom. The monoisotopic (exact) mass is 436 g/mol. The molecule has 0 bridgehead atoms. The van der Waals surface area contributed by atoms with E-state index in [2.05, 4.69) is 10.6 Å². The van der Waals surface area contributed by atoms with Crippen LogP contribution in [0.25, 0.3) is 6.08 Å². The molecule has 1 aromatic carbocycles. The number of rotatable bonds is 5. The molecule has 1 aromatic rings. The molecule has 0 saturated carbocycles. The van der Waals surface area contributed by atoms with Gasteiger partial charge in [-0.3, -0.25) is 19.7 Å². The summed E-state index contributed by atoms with van der Waals surface area (Å²) in [5.41, 5.74) is 0.694. The van der Waals surface area contributed by atoms with Crippen LogP contribution in [0.15, 0.2) is 34.1 Å². The molecule has 2 fully saturated rings. The number of nitrogens with one attached hydrogen (secondary N) is 2. The van der Waals surface area contributed by atoms with Gasteiger partial charge < -0.3 is 14.8 Å². The van der Waals surface area contributed by atoms with Crippen molar-refractivity contribution in [3.63, 3.8) is 0 Å². The second-order valence-electron chi connectivity index (χ2n) is 5.26. The number of hydrogen-bond acceptors (Lipinski definition) is 9. The van der Waals surface area contributed by atoms with Gasteiger partial charge in [-0.1, -0.05) is 18.3 Å². The lowest BCUT2D eigenvalue weighted by molar-refractivity contribution is -0.129. The third-order valence-electron chi connectivity index (χ3n) is 3.31. The number of hydrogen-bond donors (Lipinski definition) is 2. The van der Waals surface area contributed by atoms with Gasteiger partial charge in [-0.25, -0.2) is 4.79 Å². The van der Waals surface area contributed by atoms with Crippen molar-refractivity contribution < 1.29 is 28.7 Å². The number of carbonyl (C=O) groups is 4. The minimum atomic E-state index is -0.818. The lowest BCUT2D eigenvalue weighted by Crippen LogP contribution is -2.18. The zero-order valence-electron chi connectivity index (χ0n) is 14.3. The highest BCUT2D eigenvalue weighted by Crippen LogP contribution is 2.32. The lowest BCUT2D eigenvalue weighted by atomic mass is 10.2. The Balaban J connectivity index is 1.80. The van der Waals surface area contributed by atoms with Crippen LogP contribution in [-0.4, -0.2) is 34.0 Å². The van der Waals surface area contributed by atoms with Gasteiger partial charge in [0.25, 0.3) is 16.4 Å². The minimum absolute atomic E-state index is 0.0433. The predicted octanol–water partition coefficient (Wildman–Crippen LogP) is 2.98. The van der Waals surface area contributed by atoms with Gasteiger partial charge in [0.05, 0.1) is 16.4 Å². The standard InChI is InChI=1S/C17H12N2O6S3/c1-2-24-10-5-8(6-12-15(26)19-17(23)28-12)3-4-9(10)25-13(20)7-11-14(21)18-16(22)27-11/h3-7H,2H2,1H3,(H,18,21,22)(H,19,23,26)/b11-7+,12-6-. The fraction of sp³-hybridized carbons (Fsp3) is 0.118. The van der Waals surface area contributed by atoms with Crippen molar-refractivity contribution in [3.05, 3.63) is 39.6 Å². The van der Waals surface area contributed by atoms with E-state index in [0.29, 0.717) is 39.6 Å². The first-order valence-corrected chi connectivity index (χ1v) is 9.88. The first-order chi connectivity index (χ1) is 13.4. The predicted molar refractivity (Wildman–Crippen MR) is 109 cm³/mol. The maximum Gasteiger partial charge on any atom is 0.337 e. The van der Waals surface area contributed by atoms with E-state index < -0.39 is 17.1 Å². The summed E-state index contributed by atoms with van der Waals surface area (Å²) < 4.78 is 10.8. The van der Waals surface area contributed by atoms with Crippen LogP contribution in [0.3, 0.4) is 0 Å². The SMILES string of the molecule is CCOc1cc(/C=C2\SC(=O)NC2=S)ccc1OC(=O)/C=C1/SC(=O)NC1=O. The number of ether oxygens (including phenoxy) is 2. The molecule has 2 saturated heterocycles. The zero-order chi connectivity index (χ0) is 20.3. The van der Waals surface area contributed by atoms with Crippen molar-refractivity contribution in [1.29, 1.82) is 0 Å². The summed E-state index contributed by atoms with van der Waals surface area (Å²) in [4.78, 5) is 47.0. The van der Waals surface area contributed by atoms with E-state index >= 15 is 0 Å². The average Bonchev–Trinajstić information content (AvgIpc) is 3.10. The zero-order valence-corrected chi connectivity index (χ0v) is 16.7. The molecular weight excluding hydrogens is 424 g/mol. The normalized spacial score (nSPS) is 19.2. The van der Waals surface area contributed by atoms with E-state index in [1.807, 2.05) is 0 Å². The molecule has 0 aromatic heterocycles. The summed E-state index contributed by atoms with van der Waals surface area (Å²) in [5, 5.41) is 3.79. The van der Waals surface area contributed by atoms with E-state index in [0.717, 1.165) is 17.8 Å². The lowest BCUT2D eigenvalue weighted by Gasteiger charge is -2.10. The van der Waals surface area contributed by atoms with Gasteiger partial charge in [0.2, 0.25) is 0 Å². The largest absolute Gasteiger partial charge is 0.490 e. The number of imide groups is 1. The van der Waals surface area contributed by atoms with E-state index in [1.54, 1.807) is 25.1 Å². The number of esters is 1. The van der Waals surface area contributed by atoms with E-state index in [4.69, 9.17) is 21.7 Å². The van der Waals surface area contributed by atoms with Crippen LogP contribution < -0.4 is 20.1 Å². The van der Waals surface area contributed by atoms with Crippen LogP contribution in [-0.2, 0) is 9.59 Å². The topological polar surface area (TPSA) is 111 Å². The second kappa shape index (κ2) is 8.59. The molecule has 0 spiro atoms. The molecule has 0 unspecified atom stereocenters. The summed E-state index contributed by atoms with van der Waals surface area (Å²) in [6, 6.07) is 4.83. The van der Waals surface area contributed by atoms with Crippen molar-refractivity contribution in [2.75, 3.05) is 6.61 Å². The molecule has 3 amide bonds. The number of thiocarbonyl (C=S) groups is 1. The minimum Gasteiger partial charge on any atom is -0.490 e. The highest BCUT2D eigenvalue weighted by molar-refractivity contribution is 8.19. The Bertz CT molecular complexity index is 970. The fourth-order valence-corrected chi connectivity index (χ4v) is 3.88. The maximum absolute atomic E-state index is 12.1. The Kier molecular flexibility index (Phi) is 6.17. The van der Waals surface area contributed by atoms with E-state index in [1.165, 1.54) is 6.07 Å². The molecule has 144 valence electrons. The maximum atomic E-state index is 12.1. The highest BCUT2D eigenvalue weighted by atomic mass is 32.2. The Hall–Kier alpha value is -2.63. The third kappa shape index (κ3) is 4.80. The van der Waals surface area contributed by atoms with Crippen LogP contribution in [0.2, 0.25) is 0 Å². The number of benzene rings is 1. The molecule has 3 rings (SSSR count). The number of thioether (sulfide) groups is 2. The Morgan fingerprint density at radius 1 is 1.11 bits per heavy atom. The van der Waals surface area contributed by atoms with Gasteiger partial charge in [-0.15, -0.1) is 0 Å². The van der Waals surface area contributed by atoms with Crippen LogP contribution in [0, 0.1) is 0 Å². The van der Waals surface area contributed by atoms with Crippen LogP contribution >= 0.6 is 35.7 Å². The fourth-order valence-electron chi connectivity index (χ4n) is 2.21. The summed E-state index contributed by atoms with van der Waals surface area (Å²) >= 11 is 6.69. The molecule has 0 aliphatic carbocycles. The average molecular weight is 436 g/mol.